The van der Waals surface area contributed by atoms with Gasteiger partial charge in [-0.05, 0) is 55.4 Å². The van der Waals surface area contributed by atoms with Gasteiger partial charge in [-0.15, -0.1) is 11.3 Å². The van der Waals surface area contributed by atoms with Crippen LogP contribution in [0.3, 0.4) is 0 Å². The highest BCUT2D eigenvalue weighted by Crippen LogP contribution is 2.22. The van der Waals surface area contributed by atoms with Crippen molar-refractivity contribution in [3.05, 3.63) is 52.2 Å². The molecule has 1 aliphatic heterocycles. The van der Waals surface area contributed by atoms with Crippen molar-refractivity contribution in [2.75, 3.05) is 19.6 Å². The Labute approximate surface area is 150 Å². The Morgan fingerprint density at radius 2 is 1.80 bits per heavy atom. The van der Waals surface area contributed by atoms with E-state index in [2.05, 4.69) is 21.1 Å². The standard InChI is InChI=1S/C17H20F2N2O2S2/c18-15-4-1-5-16(19)17(15)25(22,23)20-11-13-6-8-21(9-7-13)12-14-3-2-10-24-14/h1-5,10,13,20H,6-9,11-12H2. The first-order chi connectivity index (χ1) is 12.0. The van der Waals surface area contributed by atoms with Crippen LogP contribution >= 0.6 is 11.3 Å². The van der Waals surface area contributed by atoms with Gasteiger partial charge in [-0.2, -0.15) is 0 Å². The lowest BCUT2D eigenvalue weighted by molar-refractivity contribution is 0.180. The molecule has 0 bridgehead atoms. The zero-order valence-electron chi connectivity index (χ0n) is 13.6. The fourth-order valence-electron chi connectivity index (χ4n) is 3.01. The number of nitrogens with zero attached hydrogens (tertiary/aromatic N) is 1. The number of piperidine rings is 1. The Balaban J connectivity index is 1.52. The van der Waals surface area contributed by atoms with Gasteiger partial charge < -0.3 is 0 Å². The summed E-state index contributed by atoms with van der Waals surface area (Å²) in [6.07, 6.45) is 1.71. The number of benzene rings is 1. The Hall–Kier alpha value is -1.35. The van der Waals surface area contributed by atoms with Gasteiger partial charge in [0.05, 0.1) is 0 Å². The molecule has 1 aromatic carbocycles. The van der Waals surface area contributed by atoms with E-state index in [0.29, 0.717) is 0 Å². The monoisotopic (exact) mass is 386 g/mol. The van der Waals surface area contributed by atoms with Crippen LogP contribution in [0.4, 0.5) is 8.78 Å². The molecule has 1 N–H and O–H groups in total. The SMILES string of the molecule is O=S(=O)(NCC1CCN(Cc2cccs2)CC1)c1c(F)cccc1F. The molecule has 0 saturated carbocycles. The van der Waals surface area contributed by atoms with Crippen molar-refractivity contribution in [3.63, 3.8) is 0 Å². The van der Waals surface area contributed by atoms with E-state index < -0.39 is 26.6 Å². The second kappa shape index (κ2) is 7.90. The predicted octanol–water partition coefficient (Wildman–Crippen LogP) is 3.22. The quantitative estimate of drug-likeness (QED) is 0.829. The molecule has 3 rings (SSSR count). The average Bonchev–Trinajstić information content (AvgIpc) is 3.07. The van der Waals surface area contributed by atoms with Crippen LogP contribution < -0.4 is 4.72 Å². The first-order valence-electron chi connectivity index (χ1n) is 8.14. The third kappa shape index (κ3) is 4.63. The van der Waals surface area contributed by atoms with Crippen molar-refractivity contribution in [1.82, 2.24) is 9.62 Å². The molecule has 136 valence electrons. The molecular weight excluding hydrogens is 366 g/mol. The van der Waals surface area contributed by atoms with Gasteiger partial charge in [0.2, 0.25) is 10.0 Å². The molecular formula is C17H20F2N2O2S2. The second-order valence-electron chi connectivity index (χ2n) is 6.20. The van der Waals surface area contributed by atoms with Gasteiger partial charge in [-0.3, -0.25) is 4.90 Å². The van der Waals surface area contributed by atoms with Gasteiger partial charge in [0, 0.05) is 18.0 Å². The van der Waals surface area contributed by atoms with E-state index in [1.165, 1.54) is 4.88 Å². The fourth-order valence-corrected chi connectivity index (χ4v) is 5.01. The normalized spacial score (nSPS) is 17.0. The zero-order valence-corrected chi connectivity index (χ0v) is 15.3. The zero-order chi connectivity index (χ0) is 17.9. The summed E-state index contributed by atoms with van der Waals surface area (Å²) in [5, 5.41) is 2.05. The summed E-state index contributed by atoms with van der Waals surface area (Å²) in [5.41, 5.74) is 0. The van der Waals surface area contributed by atoms with Gasteiger partial charge in [0.1, 0.15) is 11.6 Å². The number of nitrogens with one attached hydrogen (secondary N) is 1. The molecule has 4 nitrogen and oxygen atoms in total. The molecule has 2 heterocycles. The molecule has 1 fully saturated rings. The third-order valence-corrected chi connectivity index (χ3v) is 6.75. The summed E-state index contributed by atoms with van der Waals surface area (Å²) in [6, 6.07) is 7.17. The van der Waals surface area contributed by atoms with E-state index in [4.69, 9.17) is 0 Å². The molecule has 1 aromatic heterocycles. The molecule has 0 spiro atoms. The number of thiophene rings is 1. The van der Waals surface area contributed by atoms with Gasteiger partial charge >= 0.3 is 0 Å². The molecule has 1 saturated heterocycles. The first-order valence-corrected chi connectivity index (χ1v) is 10.5. The summed E-state index contributed by atoms with van der Waals surface area (Å²) >= 11 is 1.73. The van der Waals surface area contributed by atoms with E-state index in [1.807, 2.05) is 6.07 Å². The number of hydrogen-bond acceptors (Lipinski definition) is 4. The lowest BCUT2D eigenvalue weighted by atomic mass is 9.97. The van der Waals surface area contributed by atoms with Crippen molar-refractivity contribution < 1.29 is 17.2 Å². The van der Waals surface area contributed by atoms with E-state index >= 15 is 0 Å². The van der Waals surface area contributed by atoms with Gasteiger partial charge in [-0.25, -0.2) is 21.9 Å². The van der Waals surface area contributed by atoms with Crippen LogP contribution in [0.5, 0.6) is 0 Å². The van der Waals surface area contributed by atoms with Crippen LogP contribution in [-0.2, 0) is 16.6 Å². The summed E-state index contributed by atoms with van der Waals surface area (Å²) in [7, 11) is -4.19. The summed E-state index contributed by atoms with van der Waals surface area (Å²) < 4.78 is 54.1. The van der Waals surface area contributed by atoms with E-state index in [9.17, 15) is 17.2 Å². The van der Waals surface area contributed by atoms with Gasteiger partial charge in [0.15, 0.2) is 4.90 Å². The van der Waals surface area contributed by atoms with Crippen molar-refractivity contribution in [2.45, 2.75) is 24.3 Å². The van der Waals surface area contributed by atoms with Crippen LogP contribution in [0, 0.1) is 17.6 Å². The molecule has 2 aromatic rings. The van der Waals surface area contributed by atoms with E-state index in [-0.39, 0.29) is 12.5 Å². The van der Waals surface area contributed by atoms with Crippen molar-refractivity contribution in [3.8, 4) is 0 Å². The number of halogens is 2. The lowest BCUT2D eigenvalue weighted by Gasteiger charge is -2.31. The minimum atomic E-state index is -4.19. The predicted molar refractivity (Wildman–Crippen MR) is 93.9 cm³/mol. The largest absolute Gasteiger partial charge is 0.298 e. The van der Waals surface area contributed by atoms with E-state index in [1.54, 1.807) is 11.3 Å². The Bertz CT molecular complexity index is 782. The number of sulfonamides is 1. The smallest absolute Gasteiger partial charge is 0.246 e. The Morgan fingerprint density at radius 1 is 1.12 bits per heavy atom. The third-order valence-electron chi connectivity index (χ3n) is 4.42. The van der Waals surface area contributed by atoms with Crippen LogP contribution in [-0.4, -0.2) is 33.0 Å². The van der Waals surface area contributed by atoms with Crippen molar-refractivity contribution in [2.24, 2.45) is 5.92 Å². The molecule has 1 aliphatic rings. The molecule has 0 atom stereocenters. The molecule has 0 amide bonds. The van der Waals surface area contributed by atoms with Gasteiger partial charge in [0.25, 0.3) is 0 Å². The Morgan fingerprint density at radius 3 is 2.40 bits per heavy atom. The first kappa shape index (κ1) is 18.4. The number of rotatable bonds is 6. The summed E-state index contributed by atoms with van der Waals surface area (Å²) in [6.45, 7) is 2.89. The summed E-state index contributed by atoms with van der Waals surface area (Å²) in [5.74, 6) is -1.97. The lowest BCUT2D eigenvalue weighted by Crippen LogP contribution is -2.38. The molecule has 0 radical (unpaired) electrons. The van der Waals surface area contributed by atoms with Crippen LogP contribution in [0.2, 0.25) is 0 Å². The molecule has 0 aliphatic carbocycles. The van der Waals surface area contributed by atoms with Gasteiger partial charge in [-0.1, -0.05) is 12.1 Å². The maximum absolute atomic E-state index is 13.7. The molecule has 25 heavy (non-hydrogen) atoms. The summed E-state index contributed by atoms with van der Waals surface area (Å²) in [4.78, 5) is 2.76. The van der Waals surface area contributed by atoms with Crippen molar-refractivity contribution >= 4 is 21.4 Å². The maximum atomic E-state index is 13.7. The highest BCUT2D eigenvalue weighted by Gasteiger charge is 2.26. The highest BCUT2D eigenvalue weighted by molar-refractivity contribution is 7.89. The minimum absolute atomic E-state index is 0.171. The maximum Gasteiger partial charge on any atom is 0.246 e. The second-order valence-corrected chi connectivity index (χ2v) is 8.94. The average molecular weight is 386 g/mol. The molecule has 0 unspecified atom stereocenters. The van der Waals surface area contributed by atoms with Crippen LogP contribution in [0.1, 0.15) is 17.7 Å². The topological polar surface area (TPSA) is 49.4 Å². The fraction of sp³-hybridized carbons (Fsp3) is 0.412. The highest BCUT2D eigenvalue weighted by atomic mass is 32.2. The number of likely N-dealkylation sites (tertiary alicyclic amines) is 1. The van der Waals surface area contributed by atoms with Crippen molar-refractivity contribution in [1.29, 1.82) is 0 Å². The molecule has 8 heteroatoms. The van der Waals surface area contributed by atoms with Crippen LogP contribution in [0.15, 0.2) is 40.6 Å². The number of hydrogen-bond donors (Lipinski definition) is 1. The van der Waals surface area contributed by atoms with Crippen LogP contribution in [0.25, 0.3) is 0 Å². The minimum Gasteiger partial charge on any atom is -0.298 e. The Kier molecular flexibility index (Phi) is 5.83. The van der Waals surface area contributed by atoms with E-state index in [0.717, 1.165) is 50.7 Å².